The van der Waals surface area contributed by atoms with Crippen molar-refractivity contribution >= 4 is 46.4 Å². The Labute approximate surface area is 186 Å². The molecule has 0 saturated heterocycles. The fourth-order valence-electron chi connectivity index (χ4n) is 2.89. The predicted octanol–water partition coefficient (Wildman–Crippen LogP) is 5.42. The average Bonchev–Trinajstić information content (AvgIpc) is 2.75. The standard InChI is InChI=1S/C22H16ClFN4O2S/c23-14-9-10-20-25-15(11-21(29)28(20)12-14)13-31-19-8-4-3-7-18(19)27-22(30)26-17-6-2-1-5-16(17)24/h1-12H,13H2,(H2,26,27,30). The van der Waals surface area contributed by atoms with Crippen LogP contribution in [0.25, 0.3) is 5.65 Å². The van der Waals surface area contributed by atoms with Crippen LogP contribution in [0.15, 0.2) is 82.6 Å². The summed E-state index contributed by atoms with van der Waals surface area (Å²) in [6, 6.07) is 17.4. The Hall–Kier alpha value is -3.36. The number of nitrogens with one attached hydrogen (secondary N) is 2. The number of fused-ring (bicyclic) bond motifs is 1. The lowest BCUT2D eigenvalue weighted by Gasteiger charge is -2.12. The van der Waals surface area contributed by atoms with Crippen molar-refractivity contribution in [1.82, 2.24) is 9.38 Å². The van der Waals surface area contributed by atoms with Gasteiger partial charge in [-0.15, -0.1) is 11.8 Å². The minimum atomic E-state index is -0.558. The maximum absolute atomic E-state index is 13.8. The van der Waals surface area contributed by atoms with E-state index in [-0.39, 0.29) is 11.2 Å². The van der Waals surface area contributed by atoms with Gasteiger partial charge in [-0.05, 0) is 36.4 Å². The molecule has 0 aliphatic heterocycles. The molecule has 0 radical (unpaired) electrons. The number of carbonyl (C=O) groups is 1. The van der Waals surface area contributed by atoms with Gasteiger partial charge >= 0.3 is 6.03 Å². The summed E-state index contributed by atoms with van der Waals surface area (Å²) in [6.07, 6.45) is 1.52. The van der Waals surface area contributed by atoms with Crippen LogP contribution in [-0.2, 0) is 5.75 Å². The number of benzene rings is 2. The second-order valence-corrected chi connectivity index (χ2v) is 7.96. The number of carbonyl (C=O) groups excluding carboxylic acids is 1. The van der Waals surface area contributed by atoms with E-state index in [2.05, 4.69) is 15.6 Å². The molecule has 0 bridgehead atoms. The smallest absolute Gasteiger partial charge is 0.307 e. The molecule has 0 aliphatic rings. The number of urea groups is 1. The number of anilines is 2. The lowest BCUT2D eigenvalue weighted by atomic mass is 10.3. The molecule has 0 atom stereocenters. The summed E-state index contributed by atoms with van der Waals surface area (Å²) >= 11 is 7.36. The molecule has 2 aromatic carbocycles. The first-order valence-corrected chi connectivity index (χ1v) is 10.6. The zero-order valence-corrected chi connectivity index (χ0v) is 17.6. The van der Waals surface area contributed by atoms with Gasteiger partial charge in [0.25, 0.3) is 5.56 Å². The summed E-state index contributed by atoms with van der Waals surface area (Å²) in [5.74, 6) is -0.0996. The fraction of sp³-hybridized carbons (Fsp3) is 0.0455. The number of thioether (sulfide) groups is 1. The number of hydrogen-bond acceptors (Lipinski definition) is 4. The lowest BCUT2D eigenvalue weighted by molar-refractivity contribution is 0.262. The highest BCUT2D eigenvalue weighted by Gasteiger charge is 2.11. The van der Waals surface area contributed by atoms with E-state index in [1.807, 2.05) is 12.1 Å². The highest BCUT2D eigenvalue weighted by molar-refractivity contribution is 7.98. The normalized spacial score (nSPS) is 10.8. The largest absolute Gasteiger partial charge is 0.323 e. The van der Waals surface area contributed by atoms with Crippen molar-refractivity contribution in [1.29, 1.82) is 0 Å². The molecular weight excluding hydrogens is 439 g/mol. The lowest BCUT2D eigenvalue weighted by Crippen LogP contribution is -2.20. The summed E-state index contributed by atoms with van der Waals surface area (Å²) in [6.45, 7) is 0. The molecule has 2 amide bonds. The molecule has 0 unspecified atom stereocenters. The number of aromatic nitrogens is 2. The van der Waals surface area contributed by atoms with E-state index < -0.39 is 11.8 Å². The SMILES string of the molecule is O=C(Nc1ccccc1F)Nc1ccccc1SCc1cc(=O)n2cc(Cl)ccc2n1. The zero-order valence-electron chi connectivity index (χ0n) is 16.0. The summed E-state index contributed by atoms with van der Waals surface area (Å²) in [4.78, 5) is 29.9. The maximum Gasteiger partial charge on any atom is 0.323 e. The van der Waals surface area contributed by atoms with E-state index in [9.17, 15) is 14.0 Å². The monoisotopic (exact) mass is 454 g/mol. The van der Waals surface area contributed by atoms with Gasteiger partial charge in [-0.2, -0.15) is 0 Å². The van der Waals surface area contributed by atoms with Crippen LogP contribution in [0.2, 0.25) is 5.02 Å². The van der Waals surface area contributed by atoms with Gasteiger partial charge in [-0.1, -0.05) is 35.9 Å². The van der Waals surface area contributed by atoms with Crippen LogP contribution in [0.5, 0.6) is 0 Å². The summed E-state index contributed by atoms with van der Waals surface area (Å²) in [5, 5.41) is 5.67. The van der Waals surface area contributed by atoms with Crippen LogP contribution in [0, 0.1) is 5.82 Å². The average molecular weight is 455 g/mol. The molecule has 2 N–H and O–H groups in total. The van der Waals surface area contributed by atoms with Crippen molar-refractivity contribution in [2.24, 2.45) is 0 Å². The number of nitrogens with zero attached hydrogens (tertiary/aromatic N) is 2. The van der Waals surface area contributed by atoms with E-state index >= 15 is 0 Å². The number of amides is 2. The van der Waals surface area contributed by atoms with Crippen molar-refractivity contribution < 1.29 is 9.18 Å². The Morgan fingerprint density at radius 1 is 1.03 bits per heavy atom. The molecule has 0 aliphatic carbocycles. The van der Waals surface area contributed by atoms with Crippen molar-refractivity contribution in [3.8, 4) is 0 Å². The number of para-hydroxylation sites is 2. The topological polar surface area (TPSA) is 75.5 Å². The predicted molar refractivity (Wildman–Crippen MR) is 122 cm³/mol. The maximum atomic E-state index is 13.8. The Balaban J connectivity index is 1.48. The van der Waals surface area contributed by atoms with Crippen molar-refractivity contribution in [2.45, 2.75) is 10.6 Å². The zero-order chi connectivity index (χ0) is 21.8. The molecule has 2 aromatic heterocycles. The van der Waals surface area contributed by atoms with Gasteiger partial charge in [0.15, 0.2) is 0 Å². The third-order valence-corrected chi connectivity index (χ3v) is 5.64. The van der Waals surface area contributed by atoms with E-state index in [0.29, 0.717) is 27.8 Å². The van der Waals surface area contributed by atoms with E-state index in [1.165, 1.54) is 40.6 Å². The van der Waals surface area contributed by atoms with Gasteiger partial charge in [-0.3, -0.25) is 9.20 Å². The second-order valence-electron chi connectivity index (χ2n) is 6.51. The molecule has 156 valence electrons. The minimum Gasteiger partial charge on any atom is -0.307 e. The third kappa shape index (κ3) is 5.04. The molecule has 4 rings (SSSR count). The first-order valence-electron chi connectivity index (χ1n) is 9.22. The molecule has 31 heavy (non-hydrogen) atoms. The Morgan fingerprint density at radius 3 is 2.55 bits per heavy atom. The number of rotatable bonds is 5. The molecule has 0 saturated carbocycles. The molecule has 4 aromatic rings. The molecular formula is C22H16ClFN4O2S. The molecule has 2 heterocycles. The first kappa shape index (κ1) is 20.9. The Kier molecular flexibility index (Phi) is 6.20. The minimum absolute atomic E-state index is 0.0890. The van der Waals surface area contributed by atoms with E-state index in [1.54, 1.807) is 36.4 Å². The fourth-order valence-corrected chi connectivity index (χ4v) is 3.95. The van der Waals surface area contributed by atoms with Crippen LogP contribution >= 0.6 is 23.4 Å². The van der Waals surface area contributed by atoms with Crippen molar-refractivity contribution in [3.63, 3.8) is 0 Å². The Bertz CT molecular complexity index is 1330. The van der Waals surface area contributed by atoms with Crippen molar-refractivity contribution in [3.05, 3.63) is 99.8 Å². The highest BCUT2D eigenvalue weighted by atomic mass is 35.5. The van der Waals surface area contributed by atoms with Crippen LogP contribution in [0.4, 0.5) is 20.6 Å². The quantitative estimate of drug-likeness (QED) is 0.395. The second kappa shape index (κ2) is 9.20. The van der Waals surface area contributed by atoms with Gasteiger partial charge in [0, 0.05) is 22.9 Å². The van der Waals surface area contributed by atoms with Crippen LogP contribution in [0.1, 0.15) is 5.69 Å². The van der Waals surface area contributed by atoms with Gasteiger partial charge in [0.1, 0.15) is 11.5 Å². The molecule has 6 nitrogen and oxygen atoms in total. The number of halogens is 2. The van der Waals surface area contributed by atoms with Gasteiger partial charge in [0.05, 0.1) is 22.1 Å². The molecule has 0 spiro atoms. The van der Waals surface area contributed by atoms with Crippen LogP contribution in [0.3, 0.4) is 0 Å². The summed E-state index contributed by atoms with van der Waals surface area (Å²) in [5.41, 5.74) is 1.53. The van der Waals surface area contributed by atoms with Gasteiger partial charge < -0.3 is 10.6 Å². The van der Waals surface area contributed by atoms with Gasteiger partial charge in [-0.25, -0.2) is 14.2 Å². The summed E-state index contributed by atoms with van der Waals surface area (Å²) in [7, 11) is 0. The Morgan fingerprint density at radius 2 is 1.74 bits per heavy atom. The highest BCUT2D eigenvalue weighted by Crippen LogP contribution is 2.29. The first-order chi connectivity index (χ1) is 15.0. The van der Waals surface area contributed by atoms with E-state index in [4.69, 9.17) is 11.6 Å². The number of pyridine rings is 1. The molecule has 9 heteroatoms. The molecule has 0 fully saturated rings. The van der Waals surface area contributed by atoms with E-state index in [0.717, 1.165) is 4.90 Å². The van der Waals surface area contributed by atoms with Crippen LogP contribution in [-0.4, -0.2) is 15.4 Å². The third-order valence-electron chi connectivity index (χ3n) is 4.31. The van der Waals surface area contributed by atoms with Crippen molar-refractivity contribution in [2.75, 3.05) is 10.6 Å². The van der Waals surface area contributed by atoms with Gasteiger partial charge in [0.2, 0.25) is 0 Å². The summed E-state index contributed by atoms with van der Waals surface area (Å²) < 4.78 is 15.1. The number of hydrogen-bond donors (Lipinski definition) is 2. The van der Waals surface area contributed by atoms with Crippen LogP contribution < -0.4 is 16.2 Å².